The number of hydrogen-bond donors (Lipinski definition) is 1. The van der Waals surface area contributed by atoms with Crippen molar-refractivity contribution in [1.82, 2.24) is 0 Å². The first-order valence-electron chi connectivity index (χ1n) is 7.98. The third-order valence-corrected chi connectivity index (χ3v) is 5.08. The summed E-state index contributed by atoms with van der Waals surface area (Å²) in [6, 6.07) is 10.9. The van der Waals surface area contributed by atoms with E-state index in [1.165, 1.54) is 0 Å². The van der Waals surface area contributed by atoms with Gasteiger partial charge >= 0.3 is 0 Å². The van der Waals surface area contributed by atoms with Gasteiger partial charge in [0.15, 0.2) is 0 Å². The highest BCUT2D eigenvalue weighted by Crippen LogP contribution is 2.30. The number of halogens is 2. The minimum Gasteiger partial charge on any atom is -0.326 e. The van der Waals surface area contributed by atoms with Crippen LogP contribution in [0.5, 0.6) is 0 Å². The topological polar surface area (TPSA) is 49.4 Å². The molecule has 1 unspecified atom stereocenters. The molecule has 1 N–H and O–H groups in total. The van der Waals surface area contributed by atoms with E-state index in [2.05, 4.69) is 5.32 Å². The van der Waals surface area contributed by atoms with Gasteiger partial charge in [0.05, 0.1) is 16.0 Å². The summed E-state index contributed by atoms with van der Waals surface area (Å²) in [5.41, 5.74) is 3.54. The van der Waals surface area contributed by atoms with Crippen molar-refractivity contribution in [3.8, 4) is 0 Å². The molecule has 0 aliphatic carbocycles. The Morgan fingerprint density at radius 1 is 1.12 bits per heavy atom. The molecule has 1 fully saturated rings. The molecule has 3 rings (SSSR count). The van der Waals surface area contributed by atoms with Gasteiger partial charge in [-0.2, -0.15) is 0 Å². The number of carbonyl (C=O) groups excluding carboxylic acids is 2. The van der Waals surface area contributed by atoms with E-state index in [1.807, 2.05) is 32.0 Å². The first kappa shape index (κ1) is 17.8. The fourth-order valence-electron chi connectivity index (χ4n) is 2.94. The normalized spacial score (nSPS) is 17.0. The van der Waals surface area contributed by atoms with Gasteiger partial charge in [0.2, 0.25) is 11.8 Å². The Labute approximate surface area is 156 Å². The molecule has 2 aromatic carbocycles. The second kappa shape index (κ2) is 7.06. The number of hydrogen-bond acceptors (Lipinski definition) is 2. The highest BCUT2D eigenvalue weighted by Gasteiger charge is 2.35. The summed E-state index contributed by atoms with van der Waals surface area (Å²) in [5, 5.41) is 3.61. The zero-order valence-corrected chi connectivity index (χ0v) is 15.5. The zero-order chi connectivity index (χ0) is 18.1. The standard InChI is InChI=1S/C19H18Cl2N2O2/c1-11-3-4-12(2)17(7-11)23-10-13(8-18(23)24)19(25)22-14-5-6-15(20)16(21)9-14/h3-7,9,13H,8,10H2,1-2H3,(H,22,25). The van der Waals surface area contributed by atoms with Crippen molar-refractivity contribution in [3.05, 3.63) is 57.6 Å². The third-order valence-electron chi connectivity index (χ3n) is 4.34. The van der Waals surface area contributed by atoms with Gasteiger partial charge in [-0.3, -0.25) is 9.59 Å². The number of amides is 2. The van der Waals surface area contributed by atoms with Crippen LogP contribution in [0.1, 0.15) is 17.5 Å². The fourth-order valence-corrected chi connectivity index (χ4v) is 3.24. The maximum absolute atomic E-state index is 12.5. The van der Waals surface area contributed by atoms with Crippen molar-refractivity contribution in [1.29, 1.82) is 0 Å². The monoisotopic (exact) mass is 376 g/mol. The Hall–Kier alpha value is -2.04. The molecule has 130 valence electrons. The molecule has 2 amide bonds. The third kappa shape index (κ3) is 3.80. The van der Waals surface area contributed by atoms with Crippen molar-refractivity contribution in [2.45, 2.75) is 20.3 Å². The van der Waals surface area contributed by atoms with Crippen molar-refractivity contribution < 1.29 is 9.59 Å². The molecule has 1 atom stereocenters. The van der Waals surface area contributed by atoms with E-state index >= 15 is 0 Å². The molecule has 0 bridgehead atoms. The van der Waals surface area contributed by atoms with E-state index in [4.69, 9.17) is 23.2 Å². The van der Waals surface area contributed by atoms with E-state index in [0.29, 0.717) is 22.3 Å². The molecule has 1 aliphatic rings. The molecular weight excluding hydrogens is 359 g/mol. The van der Waals surface area contributed by atoms with E-state index < -0.39 is 5.92 Å². The number of nitrogens with zero attached hydrogens (tertiary/aromatic N) is 1. The summed E-state index contributed by atoms with van der Waals surface area (Å²) < 4.78 is 0. The van der Waals surface area contributed by atoms with Crippen molar-refractivity contribution in [2.24, 2.45) is 5.92 Å². The summed E-state index contributed by atoms with van der Waals surface area (Å²) in [6.45, 7) is 4.32. The number of carbonyl (C=O) groups is 2. The molecule has 2 aromatic rings. The van der Waals surface area contributed by atoms with E-state index in [1.54, 1.807) is 23.1 Å². The van der Waals surface area contributed by atoms with E-state index in [0.717, 1.165) is 16.8 Å². The van der Waals surface area contributed by atoms with Crippen LogP contribution in [0.2, 0.25) is 10.0 Å². The van der Waals surface area contributed by atoms with Crippen LogP contribution >= 0.6 is 23.2 Å². The summed E-state index contributed by atoms with van der Waals surface area (Å²) in [5.74, 6) is -0.635. The van der Waals surface area contributed by atoms with Gasteiger partial charge in [0, 0.05) is 24.3 Å². The largest absolute Gasteiger partial charge is 0.326 e. The number of rotatable bonds is 3. The summed E-state index contributed by atoms with van der Waals surface area (Å²) in [4.78, 5) is 26.6. The second-order valence-corrected chi connectivity index (χ2v) is 7.13. The molecule has 0 aromatic heterocycles. The van der Waals surface area contributed by atoms with Crippen LogP contribution in [0.3, 0.4) is 0 Å². The minimum atomic E-state index is -0.401. The lowest BCUT2D eigenvalue weighted by molar-refractivity contribution is -0.122. The SMILES string of the molecule is Cc1ccc(C)c(N2CC(C(=O)Nc3ccc(Cl)c(Cl)c3)CC2=O)c1. The molecule has 1 heterocycles. The van der Waals surface area contributed by atoms with Gasteiger partial charge in [-0.15, -0.1) is 0 Å². The smallest absolute Gasteiger partial charge is 0.229 e. The molecule has 4 nitrogen and oxygen atoms in total. The number of nitrogens with one attached hydrogen (secondary N) is 1. The van der Waals surface area contributed by atoms with Crippen LogP contribution in [0.4, 0.5) is 11.4 Å². The molecule has 0 saturated carbocycles. The van der Waals surface area contributed by atoms with Crippen LogP contribution in [0.15, 0.2) is 36.4 Å². The fraction of sp³-hybridized carbons (Fsp3) is 0.263. The lowest BCUT2D eigenvalue weighted by atomic mass is 10.1. The van der Waals surface area contributed by atoms with Crippen LogP contribution < -0.4 is 10.2 Å². The summed E-state index contributed by atoms with van der Waals surface area (Å²) in [7, 11) is 0. The Morgan fingerprint density at radius 2 is 1.88 bits per heavy atom. The Morgan fingerprint density at radius 3 is 2.60 bits per heavy atom. The molecule has 1 aliphatic heterocycles. The molecular formula is C19H18Cl2N2O2. The Balaban J connectivity index is 1.74. The maximum Gasteiger partial charge on any atom is 0.229 e. The lowest BCUT2D eigenvalue weighted by Gasteiger charge is -2.19. The van der Waals surface area contributed by atoms with Gasteiger partial charge in [0.1, 0.15) is 0 Å². The molecule has 6 heteroatoms. The van der Waals surface area contributed by atoms with Crippen LogP contribution in [0.25, 0.3) is 0 Å². The number of anilines is 2. The second-order valence-electron chi connectivity index (χ2n) is 6.31. The number of aryl methyl sites for hydroxylation is 2. The first-order chi connectivity index (χ1) is 11.8. The Bertz CT molecular complexity index is 851. The van der Waals surface area contributed by atoms with Gasteiger partial charge in [0.25, 0.3) is 0 Å². The summed E-state index contributed by atoms with van der Waals surface area (Å²) >= 11 is 11.9. The number of benzene rings is 2. The quantitative estimate of drug-likeness (QED) is 0.850. The van der Waals surface area contributed by atoms with Gasteiger partial charge in [-0.05, 0) is 49.2 Å². The highest BCUT2D eigenvalue weighted by molar-refractivity contribution is 6.42. The minimum absolute atomic E-state index is 0.0389. The Kier molecular flexibility index (Phi) is 5.02. The highest BCUT2D eigenvalue weighted by atomic mass is 35.5. The van der Waals surface area contributed by atoms with Crippen LogP contribution in [-0.4, -0.2) is 18.4 Å². The molecule has 25 heavy (non-hydrogen) atoms. The maximum atomic E-state index is 12.5. The van der Waals surface area contributed by atoms with Crippen LogP contribution in [-0.2, 0) is 9.59 Å². The molecule has 0 spiro atoms. The van der Waals surface area contributed by atoms with E-state index in [9.17, 15) is 9.59 Å². The zero-order valence-electron chi connectivity index (χ0n) is 14.0. The molecule has 0 radical (unpaired) electrons. The van der Waals surface area contributed by atoms with Crippen molar-refractivity contribution in [2.75, 3.05) is 16.8 Å². The van der Waals surface area contributed by atoms with E-state index in [-0.39, 0.29) is 18.2 Å². The van der Waals surface area contributed by atoms with Gasteiger partial charge < -0.3 is 10.2 Å². The summed E-state index contributed by atoms with van der Waals surface area (Å²) in [6.07, 6.45) is 0.195. The predicted octanol–water partition coefficient (Wildman–Crippen LogP) is 4.60. The first-order valence-corrected chi connectivity index (χ1v) is 8.74. The average Bonchev–Trinajstić information content (AvgIpc) is 2.95. The van der Waals surface area contributed by atoms with Gasteiger partial charge in [-0.1, -0.05) is 35.3 Å². The van der Waals surface area contributed by atoms with Crippen molar-refractivity contribution in [3.63, 3.8) is 0 Å². The average molecular weight is 377 g/mol. The predicted molar refractivity (Wildman–Crippen MR) is 101 cm³/mol. The van der Waals surface area contributed by atoms with Crippen LogP contribution in [0, 0.1) is 19.8 Å². The molecule has 1 saturated heterocycles. The van der Waals surface area contributed by atoms with Gasteiger partial charge in [-0.25, -0.2) is 0 Å². The van der Waals surface area contributed by atoms with Crippen molar-refractivity contribution >= 4 is 46.4 Å². The lowest BCUT2D eigenvalue weighted by Crippen LogP contribution is -2.28.